The van der Waals surface area contributed by atoms with Crippen molar-refractivity contribution in [3.63, 3.8) is 0 Å². The summed E-state index contributed by atoms with van der Waals surface area (Å²) >= 11 is 0. The minimum absolute atomic E-state index is 0.0904. The number of rotatable bonds is 5. The summed E-state index contributed by atoms with van der Waals surface area (Å²) < 4.78 is 16.4. The van der Waals surface area contributed by atoms with E-state index in [2.05, 4.69) is 10.2 Å². The number of ether oxygens (including phenoxy) is 3. The Morgan fingerprint density at radius 1 is 1.36 bits per heavy atom. The first kappa shape index (κ1) is 15.8. The van der Waals surface area contributed by atoms with Crippen LogP contribution in [0.4, 0.5) is 0 Å². The quantitative estimate of drug-likeness (QED) is 0.899. The first-order chi connectivity index (χ1) is 12.1. The van der Waals surface area contributed by atoms with Crippen molar-refractivity contribution in [1.82, 2.24) is 15.1 Å². The lowest BCUT2D eigenvalue weighted by Crippen LogP contribution is -2.37. The molecule has 0 spiro atoms. The smallest absolute Gasteiger partial charge is 0.263 e. The minimum atomic E-state index is -0.600. The average Bonchev–Trinajstić information content (AvgIpc) is 3.31. The molecule has 7 nitrogen and oxygen atoms in total. The van der Waals surface area contributed by atoms with Crippen LogP contribution in [-0.4, -0.2) is 40.9 Å². The molecule has 0 unspecified atom stereocenters. The fourth-order valence-corrected chi connectivity index (χ4v) is 3.34. The third-order valence-electron chi connectivity index (χ3n) is 4.66. The van der Waals surface area contributed by atoms with Crippen molar-refractivity contribution in [2.75, 3.05) is 13.8 Å². The third kappa shape index (κ3) is 3.01. The molecule has 4 rings (SSSR count). The monoisotopic (exact) mass is 343 g/mol. The maximum absolute atomic E-state index is 12.6. The van der Waals surface area contributed by atoms with Gasteiger partial charge in [-0.15, -0.1) is 0 Å². The van der Waals surface area contributed by atoms with E-state index in [0.29, 0.717) is 23.8 Å². The molecule has 0 saturated carbocycles. The molecular weight excluding hydrogens is 322 g/mol. The van der Waals surface area contributed by atoms with Gasteiger partial charge in [0.25, 0.3) is 5.91 Å². The number of hydrogen-bond donors (Lipinski definition) is 1. The lowest BCUT2D eigenvalue weighted by Gasteiger charge is -2.22. The van der Waals surface area contributed by atoms with Crippen molar-refractivity contribution in [3.05, 3.63) is 35.2 Å². The molecule has 0 fully saturated rings. The van der Waals surface area contributed by atoms with Gasteiger partial charge in [-0.05, 0) is 43.9 Å². The predicted octanol–water partition coefficient (Wildman–Crippen LogP) is 2.05. The highest BCUT2D eigenvalue weighted by molar-refractivity contribution is 5.80. The summed E-state index contributed by atoms with van der Waals surface area (Å²) in [5, 5.41) is 7.43. The van der Waals surface area contributed by atoms with E-state index in [1.807, 2.05) is 0 Å². The molecule has 1 aromatic heterocycles. The number of aromatic nitrogens is 2. The van der Waals surface area contributed by atoms with Crippen molar-refractivity contribution in [2.45, 2.75) is 38.8 Å². The van der Waals surface area contributed by atoms with Crippen LogP contribution in [0, 0.1) is 0 Å². The number of fused-ring (bicyclic) bond motifs is 2. The second-order valence-corrected chi connectivity index (χ2v) is 6.45. The topological polar surface area (TPSA) is 76.7 Å². The number of benzene rings is 1. The van der Waals surface area contributed by atoms with Gasteiger partial charge in [0.05, 0.1) is 12.2 Å². The molecule has 1 aromatic carbocycles. The summed E-state index contributed by atoms with van der Waals surface area (Å²) in [5.74, 6) is 1.82. The number of nitrogens with one attached hydrogen (secondary N) is 1. The van der Waals surface area contributed by atoms with E-state index in [9.17, 15) is 4.79 Å². The number of amides is 1. The minimum Gasteiger partial charge on any atom is -0.481 e. The summed E-state index contributed by atoms with van der Waals surface area (Å²) in [7, 11) is 1.78. The van der Waals surface area contributed by atoms with E-state index in [0.717, 1.165) is 25.0 Å². The zero-order valence-electron chi connectivity index (χ0n) is 14.4. The molecule has 2 heterocycles. The van der Waals surface area contributed by atoms with Crippen LogP contribution in [0.5, 0.6) is 17.2 Å². The highest BCUT2D eigenvalue weighted by atomic mass is 16.7. The molecule has 2 aromatic rings. The fourth-order valence-electron chi connectivity index (χ4n) is 3.34. The first-order valence-electron chi connectivity index (χ1n) is 8.48. The van der Waals surface area contributed by atoms with E-state index < -0.39 is 6.10 Å². The van der Waals surface area contributed by atoms with Crippen LogP contribution in [0.15, 0.2) is 18.2 Å². The molecule has 1 atom stereocenters. The fraction of sp³-hybridized carbons (Fsp3) is 0.444. The van der Waals surface area contributed by atoms with Crippen LogP contribution < -0.4 is 14.2 Å². The molecule has 1 amide bonds. The number of hydrogen-bond acceptors (Lipinski definition) is 5. The maximum atomic E-state index is 12.6. The van der Waals surface area contributed by atoms with Gasteiger partial charge in [0.1, 0.15) is 5.75 Å². The van der Waals surface area contributed by atoms with Crippen LogP contribution in [0.1, 0.15) is 30.3 Å². The van der Waals surface area contributed by atoms with Crippen molar-refractivity contribution in [3.8, 4) is 17.2 Å². The second-order valence-electron chi connectivity index (χ2n) is 6.45. The molecule has 1 aliphatic heterocycles. The van der Waals surface area contributed by atoms with Crippen LogP contribution in [0.25, 0.3) is 0 Å². The van der Waals surface area contributed by atoms with Gasteiger partial charge < -0.3 is 19.1 Å². The van der Waals surface area contributed by atoms with E-state index >= 15 is 0 Å². The van der Waals surface area contributed by atoms with Crippen LogP contribution in [0.3, 0.4) is 0 Å². The van der Waals surface area contributed by atoms with Crippen molar-refractivity contribution in [1.29, 1.82) is 0 Å². The standard InChI is InChI=1S/C18H21N3O4/c1-11(25-12-6-7-16-17(8-12)24-10-23-16)18(22)21(2)9-15-13-4-3-5-14(13)19-20-15/h6-8,11H,3-5,9-10H2,1-2H3,(H,19,20)/t11-/m1/s1. The maximum Gasteiger partial charge on any atom is 0.263 e. The Balaban J connectivity index is 1.39. The number of carbonyl (C=O) groups excluding carboxylic acids is 1. The van der Waals surface area contributed by atoms with E-state index in [1.54, 1.807) is 37.1 Å². The van der Waals surface area contributed by atoms with Crippen molar-refractivity contribution in [2.24, 2.45) is 0 Å². The number of nitrogens with zero attached hydrogens (tertiary/aromatic N) is 2. The molecule has 0 bridgehead atoms. The van der Waals surface area contributed by atoms with Gasteiger partial charge in [-0.25, -0.2) is 0 Å². The molecule has 2 aliphatic rings. The number of carbonyl (C=O) groups is 1. The van der Waals surface area contributed by atoms with Gasteiger partial charge >= 0.3 is 0 Å². The van der Waals surface area contributed by atoms with E-state index in [-0.39, 0.29) is 12.7 Å². The summed E-state index contributed by atoms with van der Waals surface area (Å²) in [6.45, 7) is 2.45. The lowest BCUT2D eigenvalue weighted by molar-refractivity contribution is -0.137. The molecule has 1 N–H and O–H groups in total. The van der Waals surface area contributed by atoms with Crippen LogP contribution in [0.2, 0.25) is 0 Å². The number of likely N-dealkylation sites (N-methyl/N-ethyl adjacent to an activating group) is 1. The summed E-state index contributed by atoms with van der Waals surface area (Å²) in [6.07, 6.45) is 2.63. The molecule has 25 heavy (non-hydrogen) atoms. The molecule has 1 aliphatic carbocycles. The van der Waals surface area contributed by atoms with Crippen molar-refractivity contribution < 1.29 is 19.0 Å². The van der Waals surface area contributed by atoms with Gasteiger partial charge in [0.2, 0.25) is 6.79 Å². The third-order valence-corrected chi connectivity index (χ3v) is 4.66. The molecule has 0 saturated heterocycles. The highest BCUT2D eigenvalue weighted by Crippen LogP contribution is 2.35. The normalized spacial score (nSPS) is 15.8. The number of aryl methyl sites for hydroxylation is 1. The number of aromatic amines is 1. The SMILES string of the molecule is C[C@@H](Oc1ccc2c(c1)OCO2)C(=O)N(C)Cc1n[nH]c2c1CCC2. The number of H-pyrrole nitrogens is 1. The first-order valence-corrected chi connectivity index (χ1v) is 8.48. The molecule has 7 heteroatoms. The molecular formula is C18H21N3O4. The Morgan fingerprint density at radius 3 is 3.08 bits per heavy atom. The summed E-state index contributed by atoms with van der Waals surface area (Å²) in [4.78, 5) is 14.3. The van der Waals surface area contributed by atoms with Gasteiger partial charge in [-0.1, -0.05) is 0 Å². The van der Waals surface area contributed by atoms with Gasteiger partial charge in [0.15, 0.2) is 17.6 Å². The largest absolute Gasteiger partial charge is 0.481 e. The summed E-state index contributed by atoms with van der Waals surface area (Å²) in [5.41, 5.74) is 3.43. The Bertz CT molecular complexity index is 802. The Morgan fingerprint density at radius 2 is 2.20 bits per heavy atom. The van der Waals surface area contributed by atoms with E-state index in [4.69, 9.17) is 14.2 Å². The highest BCUT2D eigenvalue weighted by Gasteiger charge is 2.24. The lowest BCUT2D eigenvalue weighted by atomic mass is 10.2. The van der Waals surface area contributed by atoms with Crippen LogP contribution in [-0.2, 0) is 24.2 Å². The Labute approximate surface area is 145 Å². The summed E-state index contributed by atoms with van der Waals surface area (Å²) in [6, 6.07) is 5.30. The Kier molecular flexibility index (Phi) is 3.99. The molecule has 0 radical (unpaired) electrons. The van der Waals surface area contributed by atoms with E-state index in [1.165, 1.54) is 11.3 Å². The van der Waals surface area contributed by atoms with Gasteiger partial charge in [-0.3, -0.25) is 9.89 Å². The van der Waals surface area contributed by atoms with Crippen molar-refractivity contribution >= 4 is 5.91 Å². The van der Waals surface area contributed by atoms with Crippen LogP contribution >= 0.6 is 0 Å². The zero-order chi connectivity index (χ0) is 17.4. The zero-order valence-corrected chi connectivity index (χ0v) is 14.4. The van der Waals surface area contributed by atoms with Gasteiger partial charge in [0, 0.05) is 18.8 Å². The molecule has 132 valence electrons. The predicted molar refractivity (Wildman–Crippen MR) is 89.7 cm³/mol. The van der Waals surface area contributed by atoms with Gasteiger partial charge in [-0.2, -0.15) is 5.10 Å². The Hall–Kier alpha value is -2.70. The second kappa shape index (κ2) is 6.31. The average molecular weight is 343 g/mol.